The molecule has 0 N–H and O–H groups in total. The highest BCUT2D eigenvalue weighted by molar-refractivity contribution is 5.95. The van der Waals surface area contributed by atoms with Crippen LogP contribution in [-0.2, 0) is 18.4 Å². The molecule has 1 unspecified atom stereocenters. The van der Waals surface area contributed by atoms with Gasteiger partial charge in [-0.1, -0.05) is 54.6 Å². The maximum absolute atomic E-state index is 13.2. The van der Waals surface area contributed by atoms with Crippen molar-refractivity contribution in [3.8, 4) is 5.75 Å². The van der Waals surface area contributed by atoms with Crippen molar-refractivity contribution in [2.24, 2.45) is 7.05 Å². The summed E-state index contributed by atoms with van der Waals surface area (Å²) in [7, 11) is 2.01. The number of aromatic nitrogens is 1. The molecular formula is C25H22N2O2. The molecule has 0 amide bonds. The highest BCUT2D eigenvalue weighted by atomic mass is 16.5. The number of hydrogen-bond acceptors (Lipinski definition) is 3. The van der Waals surface area contributed by atoms with E-state index in [0.717, 1.165) is 33.3 Å². The molecule has 0 radical (unpaired) electrons. The summed E-state index contributed by atoms with van der Waals surface area (Å²) < 4.78 is 7.89. The summed E-state index contributed by atoms with van der Waals surface area (Å²) in [6.07, 6.45) is 2.05. The molecule has 0 spiro atoms. The Morgan fingerprint density at radius 3 is 2.55 bits per heavy atom. The number of ether oxygens (including phenoxy) is 1. The van der Waals surface area contributed by atoms with Crippen molar-refractivity contribution >= 4 is 22.6 Å². The number of esters is 1. The molecule has 4 aromatic rings. The van der Waals surface area contributed by atoms with E-state index in [1.54, 1.807) is 0 Å². The van der Waals surface area contributed by atoms with Crippen molar-refractivity contribution in [2.45, 2.75) is 19.5 Å². The quantitative estimate of drug-likeness (QED) is 0.363. The fourth-order valence-corrected chi connectivity index (χ4v) is 4.21. The van der Waals surface area contributed by atoms with E-state index in [4.69, 9.17) is 4.74 Å². The fraction of sp³-hybridized carbons (Fsp3) is 0.160. The Labute approximate surface area is 170 Å². The minimum absolute atomic E-state index is 0.240. The molecule has 0 saturated heterocycles. The Morgan fingerprint density at radius 1 is 0.966 bits per heavy atom. The standard InChI is InChI=1S/C25H22N2O2/c1-17-12-13-22-23(14-17)29-25(28)24(27(22)15-18-8-4-3-5-9-18)20-16-26(2)21-11-7-6-10-19(20)21/h3-14,16,24H,15H2,1-2H3. The van der Waals surface area contributed by atoms with Gasteiger partial charge < -0.3 is 14.2 Å². The lowest BCUT2D eigenvalue weighted by Crippen LogP contribution is -2.40. The predicted octanol–water partition coefficient (Wildman–Crippen LogP) is 5.15. The van der Waals surface area contributed by atoms with E-state index in [1.165, 1.54) is 0 Å². The van der Waals surface area contributed by atoms with Gasteiger partial charge in [-0.15, -0.1) is 0 Å². The zero-order chi connectivity index (χ0) is 20.0. The van der Waals surface area contributed by atoms with Gasteiger partial charge in [0, 0.05) is 36.3 Å². The van der Waals surface area contributed by atoms with Crippen LogP contribution in [-0.4, -0.2) is 10.5 Å². The van der Waals surface area contributed by atoms with Crippen LogP contribution in [0.1, 0.15) is 22.7 Å². The van der Waals surface area contributed by atoms with E-state index >= 15 is 0 Å². The fourth-order valence-electron chi connectivity index (χ4n) is 4.21. The molecule has 2 heterocycles. The van der Waals surface area contributed by atoms with Crippen LogP contribution in [0.15, 0.2) is 79.0 Å². The lowest BCUT2D eigenvalue weighted by molar-refractivity contribution is -0.136. The van der Waals surface area contributed by atoms with E-state index in [-0.39, 0.29) is 5.97 Å². The number of aryl methyl sites for hydroxylation is 2. The number of carbonyl (C=O) groups is 1. The molecule has 1 aromatic heterocycles. The van der Waals surface area contributed by atoms with Gasteiger partial charge in [-0.05, 0) is 36.2 Å². The van der Waals surface area contributed by atoms with Crippen molar-refractivity contribution in [1.29, 1.82) is 0 Å². The van der Waals surface area contributed by atoms with E-state index in [2.05, 4.69) is 45.9 Å². The number of benzene rings is 3. The van der Waals surface area contributed by atoms with Gasteiger partial charge in [0.1, 0.15) is 0 Å². The highest BCUT2D eigenvalue weighted by Gasteiger charge is 2.38. The first kappa shape index (κ1) is 17.6. The monoisotopic (exact) mass is 382 g/mol. The molecule has 1 aliphatic heterocycles. The number of nitrogens with zero attached hydrogens (tertiary/aromatic N) is 2. The van der Waals surface area contributed by atoms with Crippen molar-refractivity contribution in [3.05, 3.63) is 95.7 Å². The second-order valence-corrected chi connectivity index (χ2v) is 7.62. The van der Waals surface area contributed by atoms with Crippen LogP contribution in [0.25, 0.3) is 10.9 Å². The molecule has 5 rings (SSSR count). The molecule has 0 aliphatic carbocycles. The van der Waals surface area contributed by atoms with Gasteiger partial charge in [0.05, 0.1) is 5.69 Å². The van der Waals surface area contributed by atoms with Crippen LogP contribution in [0, 0.1) is 6.92 Å². The summed E-state index contributed by atoms with van der Waals surface area (Å²) in [6.45, 7) is 2.63. The normalized spacial score (nSPS) is 16.0. The van der Waals surface area contributed by atoms with Crippen LogP contribution in [0.4, 0.5) is 5.69 Å². The Kier molecular flexibility index (Phi) is 4.13. The summed E-state index contributed by atoms with van der Waals surface area (Å²) in [5.41, 5.74) is 5.23. The van der Waals surface area contributed by atoms with Crippen molar-refractivity contribution in [1.82, 2.24) is 4.57 Å². The zero-order valence-corrected chi connectivity index (χ0v) is 16.5. The molecule has 1 aliphatic rings. The van der Waals surface area contributed by atoms with Crippen LogP contribution in [0.2, 0.25) is 0 Å². The van der Waals surface area contributed by atoms with Gasteiger partial charge >= 0.3 is 5.97 Å². The molecule has 0 fully saturated rings. The Morgan fingerprint density at radius 2 is 1.72 bits per heavy atom. The number of anilines is 1. The van der Waals surface area contributed by atoms with E-state index < -0.39 is 6.04 Å². The zero-order valence-electron chi connectivity index (χ0n) is 16.5. The van der Waals surface area contributed by atoms with E-state index in [0.29, 0.717) is 12.3 Å². The first-order valence-corrected chi connectivity index (χ1v) is 9.79. The van der Waals surface area contributed by atoms with E-state index in [1.807, 2.05) is 56.6 Å². The molecule has 29 heavy (non-hydrogen) atoms. The first-order valence-electron chi connectivity index (χ1n) is 9.79. The number of rotatable bonds is 3. The van der Waals surface area contributed by atoms with Gasteiger partial charge in [-0.2, -0.15) is 0 Å². The summed E-state index contributed by atoms with van der Waals surface area (Å²) in [5, 5.41) is 1.07. The second-order valence-electron chi connectivity index (χ2n) is 7.62. The Hall–Kier alpha value is -3.53. The summed E-state index contributed by atoms with van der Waals surface area (Å²) in [6, 6.07) is 24.0. The number of fused-ring (bicyclic) bond motifs is 2. The Balaban J connectivity index is 1.69. The lowest BCUT2D eigenvalue weighted by Gasteiger charge is -2.37. The number of carbonyl (C=O) groups excluding carboxylic acids is 1. The summed E-state index contributed by atoms with van der Waals surface area (Å²) in [5.74, 6) is 0.387. The van der Waals surface area contributed by atoms with Crippen LogP contribution >= 0.6 is 0 Å². The lowest BCUT2D eigenvalue weighted by atomic mass is 10.00. The third-order valence-corrected chi connectivity index (χ3v) is 5.59. The minimum atomic E-state index is -0.503. The summed E-state index contributed by atoms with van der Waals surface area (Å²) >= 11 is 0. The molecule has 144 valence electrons. The topological polar surface area (TPSA) is 34.5 Å². The van der Waals surface area contributed by atoms with Crippen molar-refractivity contribution < 1.29 is 9.53 Å². The third-order valence-electron chi connectivity index (χ3n) is 5.59. The minimum Gasteiger partial charge on any atom is -0.423 e. The molecule has 4 heteroatoms. The SMILES string of the molecule is Cc1ccc2c(c1)OC(=O)C(c1cn(C)c3ccccc13)N2Cc1ccccc1. The molecule has 4 nitrogen and oxygen atoms in total. The first-order chi connectivity index (χ1) is 14.1. The van der Waals surface area contributed by atoms with Crippen molar-refractivity contribution in [3.63, 3.8) is 0 Å². The third kappa shape index (κ3) is 2.97. The van der Waals surface area contributed by atoms with E-state index in [9.17, 15) is 4.79 Å². The second kappa shape index (κ2) is 6.82. The predicted molar refractivity (Wildman–Crippen MR) is 115 cm³/mol. The maximum Gasteiger partial charge on any atom is 0.339 e. The van der Waals surface area contributed by atoms with Crippen LogP contribution < -0.4 is 9.64 Å². The van der Waals surface area contributed by atoms with Crippen LogP contribution in [0.3, 0.4) is 0 Å². The highest BCUT2D eigenvalue weighted by Crippen LogP contribution is 2.43. The molecular weight excluding hydrogens is 360 g/mol. The van der Waals surface area contributed by atoms with Crippen LogP contribution in [0.5, 0.6) is 5.75 Å². The molecule has 0 saturated carbocycles. The largest absolute Gasteiger partial charge is 0.423 e. The number of hydrogen-bond donors (Lipinski definition) is 0. The number of para-hydroxylation sites is 1. The average Bonchev–Trinajstić information content (AvgIpc) is 3.05. The summed E-state index contributed by atoms with van der Waals surface area (Å²) in [4.78, 5) is 15.4. The van der Waals surface area contributed by atoms with Gasteiger partial charge in [-0.25, -0.2) is 4.79 Å². The van der Waals surface area contributed by atoms with Gasteiger partial charge in [0.2, 0.25) is 0 Å². The molecule has 0 bridgehead atoms. The van der Waals surface area contributed by atoms with Gasteiger partial charge in [0.25, 0.3) is 0 Å². The molecule has 3 aromatic carbocycles. The smallest absolute Gasteiger partial charge is 0.339 e. The molecule has 1 atom stereocenters. The maximum atomic E-state index is 13.2. The average molecular weight is 382 g/mol. The van der Waals surface area contributed by atoms with Gasteiger partial charge in [0.15, 0.2) is 11.8 Å². The van der Waals surface area contributed by atoms with Crippen molar-refractivity contribution in [2.75, 3.05) is 4.90 Å². The van der Waals surface area contributed by atoms with Gasteiger partial charge in [-0.3, -0.25) is 0 Å². The Bertz CT molecular complexity index is 1210.